The van der Waals surface area contributed by atoms with Gasteiger partial charge >= 0.3 is 0 Å². The first-order chi connectivity index (χ1) is 9.72. The fraction of sp³-hybridized carbons (Fsp3) is 0.625. The van der Waals surface area contributed by atoms with Crippen LogP contribution in [0.25, 0.3) is 0 Å². The minimum atomic E-state index is 0.193. The Labute approximate surface area is 122 Å². The number of hydrogen-bond acceptors (Lipinski definition) is 4. The Morgan fingerprint density at radius 3 is 2.60 bits per heavy atom. The topological polar surface area (TPSA) is 44.7 Å². The maximum absolute atomic E-state index is 9.12. The SMILES string of the molecule is CNC(CCN(CCO)CCOC)c1ccccc1C. The highest BCUT2D eigenvalue weighted by molar-refractivity contribution is 5.28. The second-order valence-corrected chi connectivity index (χ2v) is 5.04. The highest BCUT2D eigenvalue weighted by atomic mass is 16.5. The lowest BCUT2D eigenvalue weighted by Crippen LogP contribution is -2.33. The molecular formula is C16H28N2O2. The van der Waals surface area contributed by atoms with Crippen molar-refractivity contribution in [2.24, 2.45) is 0 Å². The minimum Gasteiger partial charge on any atom is -0.395 e. The van der Waals surface area contributed by atoms with Crippen molar-refractivity contribution in [2.75, 3.05) is 47.0 Å². The predicted octanol–water partition coefficient (Wildman–Crippen LogP) is 1.59. The molecule has 114 valence electrons. The van der Waals surface area contributed by atoms with Crippen molar-refractivity contribution in [3.63, 3.8) is 0 Å². The van der Waals surface area contributed by atoms with Gasteiger partial charge in [-0.25, -0.2) is 0 Å². The normalized spacial score (nSPS) is 12.8. The van der Waals surface area contributed by atoms with E-state index in [9.17, 15) is 0 Å². The first kappa shape index (κ1) is 17.1. The summed E-state index contributed by atoms with van der Waals surface area (Å²) in [5.41, 5.74) is 2.67. The molecule has 20 heavy (non-hydrogen) atoms. The molecule has 0 spiro atoms. The molecule has 0 radical (unpaired) electrons. The lowest BCUT2D eigenvalue weighted by molar-refractivity contribution is 0.128. The molecule has 1 aromatic rings. The van der Waals surface area contributed by atoms with Crippen molar-refractivity contribution >= 4 is 0 Å². The van der Waals surface area contributed by atoms with Crippen molar-refractivity contribution in [3.8, 4) is 0 Å². The van der Waals surface area contributed by atoms with Crippen LogP contribution in [-0.4, -0.2) is 57.0 Å². The second-order valence-electron chi connectivity index (χ2n) is 5.04. The van der Waals surface area contributed by atoms with Gasteiger partial charge in [0.2, 0.25) is 0 Å². The average Bonchev–Trinajstić information content (AvgIpc) is 2.46. The summed E-state index contributed by atoms with van der Waals surface area (Å²) < 4.78 is 5.12. The molecule has 0 aliphatic carbocycles. The molecule has 2 N–H and O–H groups in total. The van der Waals surface area contributed by atoms with Crippen LogP contribution in [0.2, 0.25) is 0 Å². The zero-order valence-corrected chi connectivity index (χ0v) is 12.9. The molecule has 0 saturated carbocycles. The van der Waals surface area contributed by atoms with Gasteiger partial charge in [-0.1, -0.05) is 24.3 Å². The van der Waals surface area contributed by atoms with Crippen LogP contribution in [0.3, 0.4) is 0 Å². The van der Waals surface area contributed by atoms with Crippen molar-refractivity contribution in [1.82, 2.24) is 10.2 Å². The number of nitrogens with zero attached hydrogens (tertiary/aromatic N) is 1. The molecule has 1 atom stereocenters. The molecule has 0 bridgehead atoms. The van der Waals surface area contributed by atoms with E-state index in [-0.39, 0.29) is 6.61 Å². The van der Waals surface area contributed by atoms with Gasteiger partial charge in [-0.3, -0.25) is 4.90 Å². The molecule has 0 aliphatic heterocycles. The molecule has 1 aromatic carbocycles. The molecule has 0 fully saturated rings. The molecule has 0 saturated heterocycles. The number of benzene rings is 1. The van der Waals surface area contributed by atoms with Gasteiger partial charge in [-0.15, -0.1) is 0 Å². The van der Waals surface area contributed by atoms with Gasteiger partial charge in [0.1, 0.15) is 0 Å². The smallest absolute Gasteiger partial charge is 0.0589 e. The van der Waals surface area contributed by atoms with Crippen LogP contribution in [-0.2, 0) is 4.74 Å². The lowest BCUT2D eigenvalue weighted by Gasteiger charge is -2.25. The van der Waals surface area contributed by atoms with Crippen molar-refractivity contribution in [3.05, 3.63) is 35.4 Å². The molecule has 4 heteroatoms. The van der Waals surface area contributed by atoms with Crippen LogP contribution >= 0.6 is 0 Å². The third-order valence-corrected chi connectivity index (χ3v) is 3.67. The van der Waals surface area contributed by atoms with Crippen LogP contribution in [0.1, 0.15) is 23.6 Å². The van der Waals surface area contributed by atoms with Gasteiger partial charge in [0.25, 0.3) is 0 Å². The Morgan fingerprint density at radius 2 is 2.00 bits per heavy atom. The zero-order valence-electron chi connectivity index (χ0n) is 12.9. The number of aliphatic hydroxyl groups excluding tert-OH is 1. The van der Waals surface area contributed by atoms with Crippen LogP contribution in [0, 0.1) is 6.92 Å². The maximum atomic E-state index is 9.12. The summed E-state index contributed by atoms with van der Waals surface area (Å²) in [5, 5.41) is 12.5. The Morgan fingerprint density at radius 1 is 1.25 bits per heavy atom. The average molecular weight is 280 g/mol. The maximum Gasteiger partial charge on any atom is 0.0589 e. The van der Waals surface area contributed by atoms with Gasteiger partial charge in [0, 0.05) is 32.8 Å². The van der Waals surface area contributed by atoms with E-state index >= 15 is 0 Å². The van der Waals surface area contributed by atoms with Gasteiger partial charge in [-0.05, 0) is 31.5 Å². The highest BCUT2D eigenvalue weighted by Crippen LogP contribution is 2.20. The van der Waals surface area contributed by atoms with Gasteiger partial charge in [0.15, 0.2) is 0 Å². The second kappa shape index (κ2) is 9.88. The molecule has 0 aromatic heterocycles. The monoisotopic (exact) mass is 280 g/mol. The summed E-state index contributed by atoms with van der Waals surface area (Å²) in [6, 6.07) is 8.84. The Bertz CT molecular complexity index is 371. The molecule has 1 rings (SSSR count). The van der Waals surface area contributed by atoms with E-state index in [0.29, 0.717) is 19.2 Å². The number of methoxy groups -OCH3 is 1. The van der Waals surface area contributed by atoms with E-state index in [0.717, 1.165) is 19.5 Å². The first-order valence-electron chi connectivity index (χ1n) is 7.27. The standard InChI is InChI=1S/C16H28N2O2/c1-14-6-4-5-7-15(14)16(17-2)8-9-18(10-12-19)11-13-20-3/h4-7,16-17,19H,8-13H2,1-3H3. The quantitative estimate of drug-likeness (QED) is 0.683. The number of aryl methyl sites for hydroxylation is 1. The molecular weight excluding hydrogens is 252 g/mol. The predicted molar refractivity (Wildman–Crippen MR) is 83.0 cm³/mol. The van der Waals surface area contributed by atoms with E-state index in [4.69, 9.17) is 9.84 Å². The van der Waals surface area contributed by atoms with E-state index < -0.39 is 0 Å². The number of aliphatic hydroxyl groups is 1. The Hall–Kier alpha value is -0.940. The fourth-order valence-electron chi connectivity index (χ4n) is 2.44. The summed E-state index contributed by atoms with van der Waals surface area (Å²) in [7, 11) is 3.71. The lowest BCUT2D eigenvalue weighted by atomic mass is 9.99. The van der Waals surface area contributed by atoms with E-state index in [2.05, 4.69) is 41.4 Å². The Kier molecular flexibility index (Phi) is 8.46. The van der Waals surface area contributed by atoms with Crippen molar-refractivity contribution in [2.45, 2.75) is 19.4 Å². The van der Waals surface area contributed by atoms with Gasteiger partial charge < -0.3 is 15.2 Å². The molecule has 0 amide bonds. The third kappa shape index (κ3) is 5.59. The summed E-state index contributed by atoms with van der Waals surface area (Å²) in [5.74, 6) is 0. The molecule has 1 unspecified atom stereocenters. The van der Waals surface area contributed by atoms with Crippen molar-refractivity contribution < 1.29 is 9.84 Å². The highest BCUT2D eigenvalue weighted by Gasteiger charge is 2.13. The number of nitrogens with one attached hydrogen (secondary N) is 1. The third-order valence-electron chi connectivity index (χ3n) is 3.67. The first-order valence-corrected chi connectivity index (χ1v) is 7.27. The van der Waals surface area contributed by atoms with Gasteiger partial charge in [0.05, 0.1) is 13.2 Å². The van der Waals surface area contributed by atoms with Gasteiger partial charge in [-0.2, -0.15) is 0 Å². The molecule has 4 nitrogen and oxygen atoms in total. The molecule has 0 aliphatic rings. The van der Waals surface area contributed by atoms with Crippen molar-refractivity contribution in [1.29, 1.82) is 0 Å². The number of rotatable bonds is 10. The van der Waals surface area contributed by atoms with Crippen LogP contribution in [0.4, 0.5) is 0 Å². The Balaban J connectivity index is 2.57. The van der Waals surface area contributed by atoms with Crippen LogP contribution in [0.15, 0.2) is 24.3 Å². The number of ether oxygens (including phenoxy) is 1. The number of hydrogen-bond donors (Lipinski definition) is 2. The van der Waals surface area contributed by atoms with Crippen LogP contribution < -0.4 is 5.32 Å². The van der Waals surface area contributed by atoms with E-state index in [1.54, 1.807) is 7.11 Å². The fourth-order valence-corrected chi connectivity index (χ4v) is 2.44. The largest absolute Gasteiger partial charge is 0.395 e. The summed E-state index contributed by atoms with van der Waals surface area (Å²) in [6.07, 6.45) is 1.02. The zero-order chi connectivity index (χ0) is 14.8. The summed E-state index contributed by atoms with van der Waals surface area (Å²) >= 11 is 0. The molecule has 0 heterocycles. The minimum absolute atomic E-state index is 0.193. The van der Waals surface area contributed by atoms with E-state index in [1.165, 1.54) is 11.1 Å². The summed E-state index contributed by atoms with van der Waals surface area (Å²) in [4.78, 5) is 2.24. The van der Waals surface area contributed by atoms with Crippen LogP contribution in [0.5, 0.6) is 0 Å². The summed E-state index contributed by atoms with van der Waals surface area (Å²) in [6.45, 7) is 5.56. The van der Waals surface area contributed by atoms with E-state index in [1.807, 2.05) is 7.05 Å².